The molecule has 0 saturated heterocycles. The largest absolute Gasteiger partial charge is 0.468 e. The summed E-state index contributed by atoms with van der Waals surface area (Å²) in [5.74, 6) is 0.826. The average molecular weight is 131 g/mol. The number of hydrogen-bond acceptors (Lipinski definition) is 1. The Hall–Kier alpha value is -0.430. The summed E-state index contributed by atoms with van der Waals surface area (Å²) in [6.07, 6.45) is 1.62. The van der Waals surface area contributed by atoms with Crippen molar-refractivity contribution in [3.8, 4) is 0 Å². The molecule has 0 radical (unpaired) electrons. The van der Waals surface area contributed by atoms with Gasteiger partial charge in [0.05, 0.1) is 11.6 Å². The van der Waals surface area contributed by atoms with Crippen molar-refractivity contribution in [2.75, 3.05) is 0 Å². The fourth-order valence-corrected chi connectivity index (χ4v) is 0.642. The predicted molar refractivity (Wildman–Crippen MR) is 33.0 cm³/mol. The van der Waals surface area contributed by atoms with E-state index in [0.29, 0.717) is 0 Å². The highest BCUT2D eigenvalue weighted by molar-refractivity contribution is 6.20. The van der Waals surface area contributed by atoms with Gasteiger partial charge in [0.1, 0.15) is 5.76 Å². The monoisotopic (exact) mass is 130 g/mol. The number of furan rings is 1. The van der Waals surface area contributed by atoms with Crippen LogP contribution in [0.25, 0.3) is 0 Å². The Bertz CT molecular complexity index is 144. The van der Waals surface area contributed by atoms with Crippen molar-refractivity contribution in [3.63, 3.8) is 0 Å². The van der Waals surface area contributed by atoms with Gasteiger partial charge in [0.15, 0.2) is 0 Å². The van der Waals surface area contributed by atoms with Crippen molar-refractivity contribution in [1.29, 1.82) is 0 Å². The van der Waals surface area contributed by atoms with E-state index in [2.05, 4.69) is 0 Å². The molecule has 0 aliphatic rings. The van der Waals surface area contributed by atoms with Gasteiger partial charge in [-0.25, -0.2) is 0 Å². The van der Waals surface area contributed by atoms with E-state index in [-0.39, 0.29) is 5.38 Å². The van der Waals surface area contributed by atoms with Crippen LogP contribution >= 0.6 is 11.6 Å². The minimum absolute atomic E-state index is 0.00926. The average Bonchev–Trinajstić information content (AvgIpc) is 2.12. The molecular formula is C6H7ClO. The molecule has 1 rings (SSSR count). The first-order chi connectivity index (χ1) is 3.80. The first-order valence-corrected chi connectivity index (χ1v) is 2.92. The second-order valence-electron chi connectivity index (χ2n) is 1.63. The third-order valence-corrected chi connectivity index (χ3v) is 1.15. The molecule has 1 nitrogen and oxygen atoms in total. The first kappa shape index (κ1) is 5.70. The standard InChI is InChI=1S/C6H7ClO/c1-5(7)6-3-2-4-8-6/h2-5H,1H3/t5-/m1/s1. The summed E-state index contributed by atoms with van der Waals surface area (Å²) in [4.78, 5) is 0. The van der Waals surface area contributed by atoms with E-state index in [1.165, 1.54) is 0 Å². The third-order valence-electron chi connectivity index (χ3n) is 0.935. The molecule has 0 amide bonds. The Morgan fingerprint density at radius 2 is 2.50 bits per heavy atom. The lowest BCUT2D eigenvalue weighted by Crippen LogP contribution is -1.75. The minimum atomic E-state index is -0.00926. The fourth-order valence-electron chi connectivity index (χ4n) is 0.518. The molecule has 0 spiro atoms. The summed E-state index contributed by atoms with van der Waals surface area (Å²) in [7, 11) is 0. The number of hydrogen-bond donors (Lipinski definition) is 0. The summed E-state index contributed by atoms with van der Waals surface area (Å²) < 4.78 is 4.96. The van der Waals surface area contributed by atoms with Gasteiger partial charge in [-0.2, -0.15) is 0 Å². The quantitative estimate of drug-likeness (QED) is 0.533. The molecule has 1 atom stereocenters. The molecule has 0 aliphatic carbocycles. The van der Waals surface area contributed by atoms with Crippen LogP contribution in [0.1, 0.15) is 18.1 Å². The van der Waals surface area contributed by atoms with Gasteiger partial charge in [-0.05, 0) is 19.1 Å². The molecular weight excluding hydrogens is 124 g/mol. The van der Waals surface area contributed by atoms with Crippen LogP contribution in [-0.2, 0) is 0 Å². The van der Waals surface area contributed by atoms with E-state index in [1.54, 1.807) is 6.26 Å². The minimum Gasteiger partial charge on any atom is -0.468 e. The van der Waals surface area contributed by atoms with Gasteiger partial charge in [0, 0.05) is 0 Å². The molecule has 0 N–H and O–H groups in total. The van der Waals surface area contributed by atoms with E-state index < -0.39 is 0 Å². The molecule has 2 heteroatoms. The maximum absolute atomic E-state index is 5.65. The Balaban J connectivity index is 2.77. The highest BCUT2D eigenvalue weighted by Crippen LogP contribution is 2.18. The molecule has 0 bridgehead atoms. The van der Waals surface area contributed by atoms with Gasteiger partial charge in [0.2, 0.25) is 0 Å². The van der Waals surface area contributed by atoms with Crippen LogP contribution in [0, 0.1) is 0 Å². The topological polar surface area (TPSA) is 13.1 Å². The second kappa shape index (κ2) is 2.23. The second-order valence-corrected chi connectivity index (χ2v) is 2.29. The molecule has 1 aromatic heterocycles. The molecule has 8 heavy (non-hydrogen) atoms. The molecule has 0 saturated carbocycles. The lowest BCUT2D eigenvalue weighted by molar-refractivity contribution is 0.511. The smallest absolute Gasteiger partial charge is 0.121 e. The zero-order chi connectivity index (χ0) is 5.98. The van der Waals surface area contributed by atoms with Crippen LogP contribution in [0.4, 0.5) is 0 Å². The van der Waals surface area contributed by atoms with Crippen LogP contribution in [0.5, 0.6) is 0 Å². The zero-order valence-electron chi connectivity index (χ0n) is 4.60. The van der Waals surface area contributed by atoms with E-state index >= 15 is 0 Å². The van der Waals surface area contributed by atoms with E-state index in [1.807, 2.05) is 19.1 Å². The summed E-state index contributed by atoms with van der Waals surface area (Å²) in [6.45, 7) is 1.88. The summed E-state index contributed by atoms with van der Waals surface area (Å²) in [5, 5.41) is -0.00926. The first-order valence-electron chi connectivity index (χ1n) is 2.48. The fraction of sp³-hybridized carbons (Fsp3) is 0.333. The van der Waals surface area contributed by atoms with Crippen molar-refractivity contribution >= 4 is 11.6 Å². The lowest BCUT2D eigenvalue weighted by atomic mass is 10.4. The Morgan fingerprint density at radius 1 is 1.75 bits per heavy atom. The molecule has 0 aromatic carbocycles. The zero-order valence-corrected chi connectivity index (χ0v) is 5.35. The predicted octanol–water partition coefficient (Wildman–Crippen LogP) is 2.58. The van der Waals surface area contributed by atoms with E-state index in [4.69, 9.17) is 16.0 Å². The van der Waals surface area contributed by atoms with Crippen LogP contribution in [0.15, 0.2) is 22.8 Å². The Labute approximate surface area is 53.3 Å². The molecule has 0 fully saturated rings. The van der Waals surface area contributed by atoms with Crippen molar-refractivity contribution in [2.24, 2.45) is 0 Å². The maximum Gasteiger partial charge on any atom is 0.121 e. The van der Waals surface area contributed by atoms with E-state index in [9.17, 15) is 0 Å². The van der Waals surface area contributed by atoms with Gasteiger partial charge < -0.3 is 4.42 Å². The van der Waals surface area contributed by atoms with Crippen molar-refractivity contribution in [1.82, 2.24) is 0 Å². The normalized spacial score (nSPS) is 13.8. The number of rotatable bonds is 1. The molecule has 0 unspecified atom stereocenters. The van der Waals surface area contributed by atoms with Gasteiger partial charge in [-0.3, -0.25) is 0 Å². The number of halogens is 1. The SMILES string of the molecule is C[C@@H](Cl)c1ccco1. The summed E-state index contributed by atoms with van der Waals surface area (Å²) in [5.41, 5.74) is 0. The highest BCUT2D eigenvalue weighted by atomic mass is 35.5. The van der Waals surface area contributed by atoms with Gasteiger partial charge in [-0.1, -0.05) is 0 Å². The highest BCUT2D eigenvalue weighted by Gasteiger charge is 2.00. The third kappa shape index (κ3) is 1.04. The van der Waals surface area contributed by atoms with Crippen LogP contribution in [0.3, 0.4) is 0 Å². The molecule has 44 valence electrons. The van der Waals surface area contributed by atoms with E-state index in [0.717, 1.165) is 5.76 Å². The number of alkyl halides is 1. The Morgan fingerprint density at radius 3 is 2.75 bits per heavy atom. The van der Waals surface area contributed by atoms with Gasteiger partial charge in [0.25, 0.3) is 0 Å². The van der Waals surface area contributed by atoms with Crippen LogP contribution < -0.4 is 0 Å². The Kier molecular flexibility index (Phi) is 1.59. The summed E-state index contributed by atoms with van der Waals surface area (Å²) in [6, 6.07) is 3.69. The molecule has 1 aromatic rings. The lowest BCUT2D eigenvalue weighted by Gasteiger charge is -1.92. The van der Waals surface area contributed by atoms with Gasteiger partial charge >= 0.3 is 0 Å². The molecule has 0 aliphatic heterocycles. The molecule has 1 heterocycles. The van der Waals surface area contributed by atoms with Crippen molar-refractivity contribution in [2.45, 2.75) is 12.3 Å². The van der Waals surface area contributed by atoms with Gasteiger partial charge in [-0.15, -0.1) is 11.6 Å². The van der Waals surface area contributed by atoms with Crippen molar-refractivity contribution in [3.05, 3.63) is 24.2 Å². The van der Waals surface area contributed by atoms with Crippen LogP contribution in [-0.4, -0.2) is 0 Å². The van der Waals surface area contributed by atoms with Crippen LogP contribution in [0.2, 0.25) is 0 Å². The van der Waals surface area contributed by atoms with Crippen molar-refractivity contribution < 1.29 is 4.42 Å². The summed E-state index contributed by atoms with van der Waals surface area (Å²) >= 11 is 5.65. The maximum atomic E-state index is 5.65.